The Kier molecular flexibility index (Phi) is 4.49. The van der Waals surface area contributed by atoms with Crippen LogP contribution in [0.3, 0.4) is 0 Å². The molecule has 0 aliphatic carbocycles. The summed E-state index contributed by atoms with van der Waals surface area (Å²) >= 11 is 0. The minimum atomic E-state index is -2.30. The number of aliphatic hydroxyl groups excluding tert-OH is 2. The maximum atomic E-state index is 11.9. The molecule has 5 atom stereocenters. The summed E-state index contributed by atoms with van der Waals surface area (Å²) < 4.78 is 17.1. The Bertz CT molecular complexity index is 823. The first-order valence-corrected chi connectivity index (χ1v) is 7.41. The number of anilines is 1. The van der Waals surface area contributed by atoms with Crippen LogP contribution in [-0.4, -0.2) is 72.8 Å². The van der Waals surface area contributed by atoms with Gasteiger partial charge in [-0.3, -0.25) is 14.3 Å². The molecule has 0 saturated carbocycles. The SMILES string of the molecule is COC(C)O[C@@]1(O)[C@H](O)[C@@H](CO)O[C@H]1n1cnc2c(=O)[nH]c(N)nc21. The summed E-state index contributed by atoms with van der Waals surface area (Å²) in [5.74, 6) is -2.46. The molecule has 12 heteroatoms. The highest BCUT2D eigenvalue weighted by Gasteiger charge is 2.58. The topological polar surface area (TPSA) is 178 Å². The number of nitrogens with two attached hydrogens (primary N) is 1. The molecule has 0 bridgehead atoms. The van der Waals surface area contributed by atoms with Gasteiger partial charge in [0.2, 0.25) is 11.7 Å². The number of aliphatic hydroxyl groups is 3. The second-order valence-corrected chi connectivity index (χ2v) is 5.60. The van der Waals surface area contributed by atoms with Crippen molar-refractivity contribution in [1.82, 2.24) is 19.5 Å². The van der Waals surface area contributed by atoms with E-state index in [1.807, 2.05) is 0 Å². The number of nitrogens with one attached hydrogen (secondary N) is 1. The van der Waals surface area contributed by atoms with Crippen molar-refractivity contribution >= 4 is 17.1 Å². The van der Waals surface area contributed by atoms with Gasteiger partial charge in [-0.25, -0.2) is 4.98 Å². The van der Waals surface area contributed by atoms with E-state index in [0.29, 0.717) is 0 Å². The number of ether oxygens (including phenoxy) is 3. The van der Waals surface area contributed by atoms with Crippen molar-refractivity contribution < 1.29 is 29.5 Å². The summed E-state index contributed by atoms with van der Waals surface area (Å²) in [5.41, 5.74) is 4.95. The highest BCUT2D eigenvalue weighted by Crippen LogP contribution is 2.41. The van der Waals surface area contributed by atoms with E-state index in [0.717, 1.165) is 0 Å². The molecule has 0 radical (unpaired) electrons. The van der Waals surface area contributed by atoms with Crippen LogP contribution in [0.2, 0.25) is 0 Å². The molecule has 0 amide bonds. The number of imidazole rings is 1. The van der Waals surface area contributed by atoms with Crippen molar-refractivity contribution in [3.63, 3.8) is 0 Å². The fourth-order valence-electron chi connectivity index (χ4n) is 2.71. The quantitative estimate of drug-likeness (QED) is 0.364. The molecule has 3 rings (SSSR count). The van der Waals surface area contributed by atoms with Crippen LogP contribution < -0.4 is 11.3 Å². The molecule has 0 spiro atoms. The fourth-order valence-corrected chi connectivity index (χ4v) is 2.71. The molecular formula is C13H19N5O7. The number of hydrogen-bond acceptors (Lipinski definition) is 10. The zero-order valence-corrected chi connectivity index (χ0v) is 13.5. The van der Waals surface area contributed by atoms with Crippen LogP contribution >= 0.6 is 0 Å². The number of aromatic amines is 1. The third-order valence-corrected chi connectivity index (χ3v) is 4.00. The van der Waals surface area contributed by atoms with E-state index in [1.54, 1.807) is 0 Å². The van der Waals surface area contributed by atoms with Gasteiger partial charge in [-0.1, -0.05) is 0 Å². The van der Waals surface area contributed by atoms with Gasteiger partial charge in [-0.2, -0.15) is 4.98 Å². The third kappa shape index (κ3) is 2.78. The summed E-state index contributed by atoms with van der Waals surface area (Å²) in [5, 5.41) is 30.6. The van der Waals surface area contributed by atoms with Crippen molar-refractivity contribution in [1.29, 1.82) is 0 Å². The Morgan fingerprint density at radius 3 is 2.96 bits per heavy atom. The minimum absolute atomic E-state index is 0.0177. The summed E-state index contributed by atoms with van der Waals surface area (Å²) in [6, 6.07) is 0. The molecule has 2 aromatic rings. The highest BCUT2D eigenvalue weighted by molar-refractivity contribution is 5.70. The van der Waals surface area contributed by atoms with Gasteiger partial charge in [0, 0.05) is 7.11 Å². The number of H-pyrrole nitrogens is 1. The van der Waals surface area contributed by atoms with Gasteiger partial charge in [0.1, 0.15) is 12.2 Å². The smallest absolute Gasteiger partial charge is 0.280 e. The Balaban J connectivity index is 2.12. The van der Waals surface area contributed by atoms with E-state index in [-0.39, 0.29) is 17.1 Å². The van der Waals surface area contributed by atoms with Crippen LogP contribution in [0.4, 0.5) is 5.95 Å². The summed E-state index contributed by atoms with van der Waals surface area (Å²) in [4.78, 5) is 22.1. The van der Waals surface area contributed by atoms with Crippen LogP contribution in [0.25, 0.3) is 11.2 Å². The largest absolute Gasteiger partial charge is 0.394 e. The lowest BCUT2D eigenvalue weighted by molar-refractivity contribution is -0.329. The molecule has 1 unspecified atom stereocenters. The molecule has 3 heterocycles. The Morgan fingerprint density at radius 2 is 2.32 bits per heavy atom. The molecular weight excluding hydrogens is 338 g/mol. The number of nitrogen functional groups attached to an aromatic ring is 1. The Morgan fingerprint density at radius 1 is 1.60 bits per heavy atom. The van der Waals surface area contributed by atoms with Gasteiger partial charge in [0.25, 0.3) is 5.56 Å². The maximum absolute atomic E-state index is 11.9. The van der Waals surface area contributed by atoms with Gasteiger partial charge in [0.05, 0.1) is 12.9 Å². The Labute approximate surface area is 140 Å². The monoisotopic (exact) mass is 357 g/mol. The average molecular weight is 357 g/mol. The van der Waals surface area contributed by atoms with E-state index in [9.17, 15) is 20.1 Å². The number of hydrogen-bond donors (Lipinski definition) is 5. The van der Waals surface area contributed by atoms with E-state index < -0.39 is 42.7 Å². The second-order valence-electron chi connectivity index (χ2n) is 5.60. The van der Waals surface area contributed by atoms with Crippen molar-refractivity contribution in [2.75, 3.05) is 19.5 Å². The van der Waals surface area contributed by atoms with Crippen molar-refractivity contribution in [3.05, 3.63) is 16.7 Å². The highest BCUT2D eigenvalue weighted by atomic mass is 16.8. The van der Waals surface area contributed by atoms with E-state index in [1.165, 1.54) is 24.9 Å². The number of rotatable bonds is 5. The first-order valence-electron chi connectivity index (χ1n) is 7.41. The average Bonchev–Trinajstić information content (AvgIpc) is 3.08. The van der Waals surface area contributed by atoms with Crippen molar-refractivity contribution in [2.45, 2.75) is 37.4 Å². The Hall–Kier alpha value is -2.09. The van der Waals surface area contributed by atoms with Crippen molar-refractivity contribution in [3.8, 4) is 0 Å². The molecule has 1 aliphatic heterocycles. The van der Waals surface area contributed by atoms with Crippen LogP contribution in [0.15, 0.2) is 11.1 Å². The van der Waals surface area contributed by atoms with E-state index >= 15 is 0 Å². The zero-order valence-electron chi connectivity index (χ0n) is 13.5. The first kappa shape index (κ1) is 17.7. The molecule has 0 aromatic carbocycles. The summed E-state index contributed by atoms with van der Waals surface area (Å²) in [6.07, 6.45) is -3.82. The van der Waals surface area contributed by atoms with Gasteiger partial charge in [0.15, 0.2) is 23.7 Å². The van der Waals surface area contributed by atoms with Crippen LogP contribution in [0, 0.1) is 0 Å². The molecule has 12 nitrogen and oxygen atoms in total. The van der Waals surface area contributed by atoms with Crippen molar-refractivity contribution in [2.24, 2.45) is 0 Å². The predicted molar refractivity (Wildman–Crippen MR) is 82.1 cm³/mol. The number of fused-ring (bicyclic) bond motifs is 1. The molecule has 1 aliphatic rings. The number of nitrogens with zero attached hydrogens (tertiary/aromatic N) is 3. The minimum Gasteiger partial charge on any atom is -0.394 e. The first-order chi connectivity index (χ1) is 11.8. The van der Waals surface area contributed by atoms with Crippen LogP contribution in [-0.2, 0) is 14.2 Å². The van der Waals surface area contributed by atoms with Gasteiger partial charge < -0.3 is 35.3 Å². The molecule has 1 saturated heterocycles. The zero-order chi connectivity index (χ0) is 18.4. The van der Waals surface area contributed by atoms with Gasteiger partial charge in [-0.05, 0) is 6.92 Å². The van der Waals surface area contributed by atoms with Gasteiger partial charge >= 0.3 is 0 Å². The maximum Gasteiger partial charge on any atom is 0.280 e. The summed E-state index contributed by atoms with van der Waals surface area (Å²) in [6.45, 7) is 0.925. The lowest BCUT2D eigenvalue weighted by atomic mass is 10.1. The number of aromatic nitrogens is 4. The van der Waals surface area contributed by atoms with E-state index in [4.69, 9.17) is 19.9 Å². The number of methoxy groups -OCH3 is 1. The lowest BCUT2D eigenvalue weighted by Gasteiger charge is -2.33. The predicted octanol–water partition coefficient (Wildman–Crippen LogP) is -2.35. The van der Waals surface area contributed by atoms with Crippen LogP contribution in [0.5, 0.6) is 0 Å². The van der Waals surface area contributed by atoms with Gasteiger partial charge in [-0.15, -0.1) is 0 Å². The standard InChI is InChI=1S/C13H19N5O7/c1-5(23-2)25-13(22)8(20)6(3-19)24-11(13)18-4-15-7-9(18)16-12(14)17-10(7)21/h4-6,8,11,19-20,22H,3H2,1-2H3,(H3,14,16,17,21)/t5?,6-,8-,11-,13+/m1/s1. The molecule has 1 fully saturated rings. The lowest BCUT2D eigenvalue weighted by Crippen LogP contribution is -2.51. The van der Waals surface area contributed by atoms with Crippen LogP contribution in [0.1, 0.15) is 13.2 Å². The normalized spacial score (nSPS) is 30.8. The molecule has 6 N–H and O–H groups in total. The fraction of sp³-hybridized carbons (Fsp3) is 0.615. The molecule has 25 heavy (non-hydrogen) atoms. The molecule has 2 aromatic heterocycles. The summed E-state index contributed by atoms with van der Waals surface area (Å²) in [7, 11) is 1.35. The van der Waals surface area contributed by atoms with E-state index in [2.05, 4.69) is 15.0 Å². The second kappa shape index (κ2) is 6.33. The third-order valence-electron chi connectivity index (χ3n) is 4.00. The molecule has 138 valence electrons.